The molecule has 5 rings (SSSR count). The molecule has 0 aliphatic carbocycles. The fourth-order valence-electron chi connectivity index (χ4n) is 5.09. The first-order chi connectivity index (χ1) is 15.2. The third-order valence-corrected chi connectivity index (χ3v) is 6.30. The zero-order valence-corrected chi connectivity index (χ0v) is 17.3. The van der Waals surface area contributed by atoms with Crippen LogP contribution in [-0.4, -0.2) is 59.3 Å². The van der Waals surface area contributed by atoms with Crippen LogP contribution in [0.3, 0.4) is 0 Å². The number of aryl methyl sites for hydroxylation is 1. The highest BCUT2D eigenvalue weighted by molar-refractivity contribution is 6.20. The van der Waals surface area contributed by atoms with E-state index in [2.05, 4.69) is 20.8 Å². The van der Waals surface area contributed by atoms with Crippen molar-refractivity contribution < 1.29 is 28.0 Å². The summed E-state index contributed by atoms with van der Waals surface area (Å²) in [6, 6.07) is 1.18. The minimum absolute atomic E-state index is 0.142. The van der Waals surface area contributed by atoms with E-state index in [4.69, 9.17) is 15.0 Å². The molecule has 2 fully saturated rings. The maximum absolute atomic E-state index is 15.5. The Morgan fingerprint density at radius 1 is 1.28 bits per heavy atom. The van der Waals surface area contributed by atoms with Gasteiger partial charge in [0.25, 0.3) is 0 Å². The average molecular weight is 444 g/mol. The molecule has 0 radical (unpaired) electrons. The van der Waals surface area contributed by atoms with Crippen LogP contribution in [0.5, 0.6) is 0 Å². The third kappa shape index (κ3) is 2.83. The number of morpholine rings is 1. The summed E-state index contributed by atoms with van der Waals surface area (Å²) >= 11 is 0. The predicted molar refractivity (Wildman–Crippen MR) is 107 cm³/mol. The second-order valence-electron chi connectivity index (χ2n) is 8.28. The quantitative estimate of drug-likeness (QED) is 0.544. The number of halogens is 1. The van der Waals surface area contributed by atoms with Gasteiger partial charge in [-0.05, 0) is 24.6 Å². The summed E-state index contributed by atoms with van der Waals surface area (Å²) in [7, 11) is 0. The van der Waals surface area contributed by atoms with E-state index in [1.807, 2.05) is 0 Å². The normalized spacial score (nSPS) is 26.4. The molecule has 0 unspecified atom stereocenters. The lowest BCUT2D eigenvalue weighted by atomic mass is 9.66. The van der Waals surface area contributed by atoms with E-state index >= 15 is 4.39 Å². The number of urea groups is 1. The van der Waals surface area contributed by atoms with E-state index in [1.165, 1.54) is 6.07 Å². The summed E-state index contributed by atoms with van der Waals surface area (Å²) in [6.45, 7) is 3.67. The van der Waals surface area contributed by atoms with Gasteiger partial charge in [-0.25, -0.2) is 9.18 Å². The number of nitrogens with two attached hydrogens (primary N) is 1. The first-order valence-electron chi connectivity index (χ1n) is 10.2. The molecule has 1 aromatic carbocycles. The Balaban J connectivity index is 1.71. The molecule has 11 nitrogen and oxygen atoms in total. The SMILES string of the molecule is Cc1nc(-c2cc(F)c3c(c2)CC2(C(=O)NC(=O)NC2=O)[C@H]2[C@H](C)O[C@H](CN)CN32)no1. The highest BCUT2D eigenvalue weighted by atomic mass is 19.1. The minimum atomic E-state index is -1.71. The molecule has 32 heavy (non-hydrogen) atoms. The molecule has 4 N–H and O–H groups in total. The summed E-state index contributed by atoms with van der Waals surface area (Å²) in [4.78, 5) is 43.9. The molecule has 168 valence electrons. The molecule has 4 heterocycles. The van der Waals surface area contributed by atoms with Crippen molar-refractivity contribution in [2.24, 2.45) is 11.1 Å². The maximum Gasteiger partial charge on any atom is 0.328 e. The van der Waals surface area contributed by atoms with Crippen molar-refractivity contribution >= 4 is 23.5 Å². The molecule has 2 aromatic rings. The van der Waals surface area contributed by atoms with Gasteiger partial charge >= 0.3 is 6.03 Å². The zero-order valence-electron chi connectivity index (χ0n) is 17.3. The topological polar surface area (TPSA) is 153 Å². The Labute approximate surface area is 181 Å². The second-order valence-corrected chi connectivity index (χ2v) is 8.28. The molecule has 2 saturated heterocycles. The second kappa shape index (κ2) is 7.07. The van der Waals surface area contributed by atoms with E-state index in [0.717, 1.165) is 0 Å². The van der Waals surface area contributed by atoms with Crippen molar-refractivity contribution in [1.82, 2.24) is 20.8 Å². The van der Waals surface area contributed by atoms with Crippen molar-refractivity contribution in [3.8, 4) is 11.4 Å². The van der Waals surface area contributed by atoms with Crippen LogP contribution in [0.15, 0.2) is 16.7 Å². The lowest BCUT2D eigenvalue weighted by Crippen LogP contribution is -2.75. The molecule has 1 aromatic heterocycles. The Kier molecular flexibility index (Phi) is 4.53. The Bertz CT molecular complexity index is 1130. The summed E-state index contributed by atoms with van der Waals surface area (Å²) in [6.07, 6.45) is -1.22. The van der Waals surface area contributed by atoms with Crippen LogP contribution in [0.1, 0.15) is 18.4 Å². The number of aromatic nitrogens is 2. The summed E-state index contributed by atoms with van der Waals surface area (Å²) in [5, 5.41) is 8.22. The molecule has 3 aliphatic heterocycles. The van der Waals surface area contributed by atoms with Gasteiger partial charge in [0.15, 0.2) is 5.41 Å². The van der Waals surface area contributed by atoms with Crippen molar-refractivity contribution in [2.75, 3.05) is 18.0 Å². The largest absolute Gasteiger partial charge is 0.370 e. The standard InChI is InChI=1S/C20H21FN6O5/c1-8-15-20(17(28)24-19(30)25-18(20)29)5-11-3-10(16-23-9(2)32-26-16)4-13(21)14(11)27(15)7-12(6-22)31-8/h3-4,8,12,15H,5-7,22H2,1-2H3,(H2,24,25,28,29,30)/t8-,12+,15+/m0/s1. The number of carbonyl (C=O) groups is 3. The Morgan fingerprint density at radius 2 is 2.00 bits per heavy atom. The van der Waals surface area contributed by atoms with Crippen molar-refractivity contribution in [3.63, 3.8) is 0 Å². The van der Waals surface area contributed by atoms with Crippen LogP contribution in [0, 0.1) is 18.2 Å². The van der Waals surface area contributed by atoms with Crippen LogP contribution < -0.4 is 21.3 Å². The summed E-state index contributed by atoms with van der Waals surface area (Å²) in [5.74, 6) is -1.57. The molecule has 3 aliphatic rings. The lowest BCUT2D eigenvalue weighted by Gasteiger charge is -2.55. The van der Waals surface area contributed by atoms with Crippen LogP contribution in [0.25, 0.3) is 11.4 Å². The number of imide groups is 2. The Morgan fingerprint density at radius 3 is 2.62 bits per heavy atom. The number of carbonyl (C=O) groups excluding carboxylic acids is 3. The van der Waals surface area contributed by atoms with Gasteiger partial charge in [0.1, 0.15) is 5.82 Å². The van der Waals surface area contributed by atoms with Gasteiger partial charge in [0.2, 0.25) is 23.5 Å². The number of hydrogen-bond acceptors (Lipinski definition) is 9. The fourth-order valence-corrected chi connectivity index (χ4v) is 5.09. The Hall–Kier alpha value is -3.38. The molecule has 12 heteroatoms. The minimum Gasteiger partial charge on any atom is -0.370 e. The lowest BCUT2D eigenvalue weighted by molar-refractivity contribution is -0.153. The van der Waals surface area contributed by atoms with E-state index < -0.39 is 47.3 Å². The van der Waals surface area contributed by atoms with Gasteiger partial charge in [-0.15, -0.1) is 0 Å². The van der Waals surface area contributed by atoms with E-state index in [0.29, 0.717) is 17.0 Å². The number of ether oxygens (including phenoxy) is 1. The molecule has 0 saturated carbocycles. The molecular weight excluding hydrogens is 423 g/mol. The molecule has 1 spiro atoms. The number of benzene rings is 1. The number of fused-ring (bicyclic) bond motifs is 4. The summed E-state index contributed by atoms with van der Waals surface area (Å²) < 4.78 is 26.4. The van der Waals surface area contributed by atoms with Crippen molar-refractivity contribution in [3.05, 3.63) is 29.4 Å². The van der Waals surface area contributed by atoms with Crippen LogP contribution >= 0.6 is 0 Å². The van der Waals surface area contributed by atoms with Gasteiger partial charge in [-0.2, -0.15) is 4.98 Å². The van der Waals surface area contributed by atoms with Crippen molar-refractivity contribution in [2.45, 2.75) is 38.5 Å². The van der Waals surface area contributed by atoms with Gasteiger partial charge in [0, 0.05) is 32.0 Å². The number of rotatable bonds is 2. The first kappa shape index (κ1) is 20.5. The van der Waals surface area contributed by atoms with Gasteiger partial charge in [-0.1, -0.05) is 5.16 Å². The zero-order chi connectivity index (χ0) is 22.8. The number of amides is 4. The molecule has 3 atom stereocenters. The number of nitrogens with zero attached hydrogens (tertiary/aromatic N) is 3. The highest BCUT2D eigenvalue weighted by Crippen LogP contribution is 2.48. The molecule has 4 amide bonds. The predicted octanol–water partition coefficient (Wildman–Crippen LogP) is 0.0136. The van der Waals surface area contributed by atoms with Crippen LogP contribution in [-0.2, 0) is 20.7 Å². The smallest absolute Gasteiger partial charge is 0.328 e. The average Bonchev–Trinajstić information content (AvgIpc) is 3.17. The van der Waals surface area contributed by atoms with Crippen LogP contribution in [0.2, 0.25) is 0 Å². The number of hydrogen-bond donors (Lipinski definition) is 3. The highest BCUT2D eigenvalue weighted by Gasteiger charge is 2.63. The third-order valence-electron chi connectivity index (χ3n) is 6.30. The number of anilines is 1. The van der Waals surface area contributed by atoms with Gasteiger partial charge < -0.3 is 19.9 Å². The van der Waals surface area contributed by atoms with Crippen molar-refractivity contribution in [1.29, 1.82) is 0 Å². The van der Waals surface area contributed by atoms with Gasteiger partial charge in [0.05, 0.1) is 23.9 Å². The summed E-state index contributed by atoms with van der Waals surface area (Å²) in [5.41, 5.74) is 5.11. The first-order valence-corrected chi connectivity index (χ1v) is 10.2. The molecular formula is C20H21FN6O5. The number of barbiturate groups is 1. The van der Waals surface area contributed by atoms with E-state index in [-0.39, 0.29) is 31.0 Å². The van der Waals surface area contributed by atoms with Crippen LogP contribution in [0.4, 0.5) is 14.9 Å². The van der Waals surface area contributed by atoms with Gasteiger partial charge in [-0.3, -0.25) is 20.2 Å². The maximum atomic E-state index is 15.5. The monoisotopic (exact) mass is 444 g/mol. The number of nitrogens with one attached hydrogen (secondary N) is 2. The fraction of sp³-hybridized carbons (Fsp3) is 0.450. The van der Waals surface area contributed by atoms with E-state index in [9.17, 15) is 14.4 Å². The molecule has 0 bridgehead atoms. The van der Waals surface area contributed by atoms with E-state index in [1.54, 1.807) is 24.8 Å².